The minimum absolute atomic E-state index is 0.0752. The number of aliphatic hydroxyl groups is 1. The fraction of sp³-hybridized carbons (Fsp3) is 1.00. The van der Waals surface area contributed by atoms with Crippen LogP contribution in [0.15, 0.2) is 0 Å². The van der Waals surface area contributed by atoms with Crippen LogP contribution in [-0.2, 0) is 0 Å². The summed E-state index contributed by atoms with van der Waals surface area (Å²) in [5, 5.41) is 9.63. The zero-order chi connectivity index (χ0) is 9.14. The second-order valence-electron chi connectivity index (χ2n) is 4.25. The van der Waals surface area contributed by atoms with E-state index in [1.807, 2.05) is 0 Å². The Kier molecular flexibility index (Phi) is 3.53. The SMILES string of the molecule is CC(C)N1CC[C@H](C)[C@@H](O)CC1. The Bertz CT molecular complexity index is 124. The summed E-state index contributed by atoms with van der Waals surface area (Å²) in [6.45, 7) is 8.80. The molecule has 0 bridgehead atoms. The average Bonchev–Trinajstić information content (AvgIpc) is 2.16. The molecule has 2 atom stereocenters. The van der Waals surface area contributed by atoms with Crippen LogP contribution in [0.25, 0.3) is 0 Å². The molecule has 0 aliphatic carbocycles. The predicted octanol–water partition coefficient (Wildman–Crippen LogP) is 1.49. The maximum Gasteiger partial charge on any atom is 0.0578 e. The molecule has 0 aromatic rings. The predicted molar refractivity (Wildman–Crippen MR) is 51.1 cm³/mol. The number of likely N-dealkylation sites (tertiary alicyclic amines) is 1. The molecule has 1 heterocycles. The van der Waals surface area contributed by atoms with Gasteiger partial charge in [-0.3, -0.25) is 0 Å². The molecule has 1 aliphatic rings. The largest absolute Gasteiger partial charge is 0.393 e. The Morgan fingerprint density at radius 3 is 2.42 bits per heavy atom. The van der Waals surface area contributed by atoms with Crippen molar-refractivity contribution in [1.82, 2.24) is 4.90 Å². The van der Waals surface area contributed by atoms with Gasteiger partial charge in [-0.15, -0.1) is 0 Å². The minimum Gasteiger partial charge on any atom is -0.393 e. The van der Waals surface area contributed by atoms with Crippen molar-refractivity contribution in [3.05, 3.63) is 0 Å². The zero-order valence-corrected chi connectivity index (χ0v) is 8.45. The highest BCUT2D eigenvalue weighted by molar-refractivity contribution is 4.75. The van der Waals surface area contributed by atoms with Gasteiger partial charge < -0.3 is 10.0 Å². The summed E-state index contributed by atoms with van der Waals surface area (Å²) >= 11 is 0. The van der Waals surface area contributed by atoms with Crippen molar-refractivity contribution in [2.75, 3.05) is 13.1 Å². The van der Waals surface area contributed by atoms with Crippen molar-refractivity contribution in [3.8, 4) is 0 Å². The molecule has 0 saturated carbocycles. The normalized spacial score (nSPS) is 33.8. The highest BCUT2D eigenvalue weighted by atomic mass is 16.3. The lowest BCUT2D eigenvalue weighted by Gasteiger charge is -2.23. The van der Waals surface area contributed by atoms with Crippen LogP contribution >= 0.6 is 0 Å². The van der Waals surface area contributed by atoms with Gasteiger partial charge in [0.15, 0.2) is 0 Å². The molecule has 0 unspecified atom stereocenters. The van der Waals surface area contributed by atoms with Crippen LogP contribution < -0.4 is 0 Å². The van der Waals surface area contributed by atoms with Crippen LogP contribution in [0.3, 0.4) is 0 Å². The van der Waals surface area contributed by atoms with E-state index >= 15 is 0 Å². The lowest BCUT2D eigenvalue weighted by molar-refractivity contribution is 0.111. The van der Waals surface area contributed by atoms with E-state index < -0.39 is 0 Å². The van der Waals surface area contributed by atoms with Crippen LogP contribution in [0.1, 0.15) is 33.6 Å². The maximum atomic E-state index is 9.63. The minimum atomic E-state index is -0.0752. The molecule has 0 spiro atoms. The molecule has 0 aromatic carbocycles. The Morgan fingerprint density at radius 2 is 1.83 bits per heavy atom. The summed E-state index contributed by atoms with van der Waals surface area (Å²) in [5.74, 6) is 0.480. The van der Waals surface area contributed by atoms with Gasteiger partial charge >= 0.3 is 0 Å². The summed E-state index contributed by atoms with van der Waals surface area (Å²) in [5.41, 5.74) is 0. The number of nitrogens with zero attached hydrogens (tertiary/aromatic N) is 1. The first kappa shape index (κ1) is 10.0. The van der Waals surface area contributed by atoms with Crippen molar-refractivity contribution in [3.63, 3.8) is 0 Å². The summed E-state index contributed by atoms with van der Waals surface area (Å²) in [7, 11) is 0. The highest BCUT2D eigenvalue weighted by Gasteiger charge is 2.21. The van der Waals surface area contributed by atoms with Gasteiger partial charge in [0.2, 0.25) is 0 Å². The molecule has 2 nitrogen and oxygen atoms in total. The lowest BCUT2D eigenvalue weighted by Crippen LogP contribution is -2.31. The van der Waals surface area contributed by atoms with Crippen LogP contribution in [-0.4, -0.2) is 35.2 Å². The van der Waals surface area contributed by atoms with Gasteiger partial charge in [0.25, 0.3) is 0 Å². The molecule has 1 N–H and O–H groups in total. The van der Waals surface area contributed by atoms with E-state index in [4.69, 9.17) is 0 Å². The van der Waals surface area contributed by atoms with E-state index in [0.717, 1.165) is 25.9 Å². The summed E-state index contributed by atoms with van der Waals surface area (Å²) < 4.78 is 0. The average molecular weight is 171 g/mol. The van der Waals surface area contributed by atoms with Gasteiger partial charge in [-0.05, 0) is 39.2 Å². The number of hydrogen-bond donors (Lipinski definition) is 1. The Morgan fingerprint density at radius 1 is 1.25 bits per heavy atom. The lowest BCUT2D eigenvalue weighted by atomic mass is 10.0. The molecule has 12 heavy (non-hydrogen) atoms. The first-order chi connectivity index (χ1) is 5.61. The standard InChI is InChI=1S/C10H21NO/c1-8(2)11-6-4-9(3)10(12)5-7-11/h8-10,12H,4-7H2,1-3H3/t9-,10-/m0/s1. The third kappa shape index (κ3) is 2.46. The number of aliphatic hydroxyl groups excluding tert-OH is 1. The van der Waals surface area contributed by atoms with E-state index in [-0.39, 0.29) is 6.10 Å². The van der Waals surface area contributed by atoms with Gasteiger partial charge in [0.05, 0.1) is 6.10 Å². The molecule has 0 aromatic heterocycles. The fourth-order valence-electron chi connectivity index (χ4n) is 1.77. The summed E-state index contributed by atoms with van der Waals surface area (Å²) in [4.78, 5) is 2.45. The number of rotatable bonds is 1. The third-order valence-electron chi connectivity index (χ3n) is 2.97. The smallest absolute Gasteiger partial charge is 0.0578 e. The molecule has 1 rings (SSSR count). The van der Waals surface area contributed by atoms with Crippen molar-refractivity contribution in [1.29, 1.82) is 0 Å². The molecule has 72 valence electrons. The molecule has 2 heteroatoms. The molecule has 1 fully saturated rings. The molecular formula is C10H21NO. The number of hydrogen-bond acceptors (Lipinski definition) is 2. The Labute approximate surface area is 75.6 Å². The quantitative estimate of drug-likeness (QED) is 0.646. The topological polar surface area (TPSA) is 23.5 Å². The Hall–Kier alpha value is -0.0800. The van der Waals surface area contributed by atoms with Crippen LogP contribution in [0.2, 0.25) is 0 Å². The summed E-state index contributed by atoms with van der Waals surface area (Å²) in [6, 6.07) is 0.627. The zero-order valence-electron chi connectivity index (χ0n) is 8.45. The molecule has 0 radical (unpaired) electrons. The van der Waals surface area contributed by atoms with E-state index in [1.54, 1.807) is 0 Å². The van der Waals surface area contributed by atoms with E-state index in [0.29, 0.717) is 12.0 Å². The second-order valence-corrected chi connectivity index (χ2v) is 4.25. The molecular weight excluding hydrogens is 150 g/mol. The van der Waals surface area contributed by atoms with Crippen LogP contribution in [0, 0.1) is 5.92 Å². The first-order valence-electron chi connectivity index (χ1n) is 5.03. The second kappa shape index (κ2) is 4.24. The maximum absolute atomic E-state index is 9.63. The highest BCUT2D eigenvalue weighted by Crippen LogP contribution is 2.18. The molecule has 1 saturated heterocycles. The van der Waals surface area contributed by atoms with Gasteiger partial charge in [0.1, 0.15) is 0 Å². The van der Waals surface area contributed by atoms with Crippen molar-refractivity contribution >= 4 is 0 Å². The third-order valence-corrected chi connectivity index (χ3v) is 2.97. The first-order valence-corrected chi connectivity index (χ1v) is 5.03. The fourth-order valence-corrected chi connectivity index (χ4v) is 1.77. The van der Waals surface area contributed by atoms with E-state index in [1.165, 1.54) is 0 Å². The molecule has 1 aliphatic heterocycles. The molecule has 0 amide bonds. The van der Waals surface area contributed by atoms with E-state index in [2.05, 4.69) is 25.7 Å². The van der Waals surface area contributed by atoms with Gasteiger partial charge in [-0.25, -0.2) is 0 Å². The van der Waals surface area contributed by atoms with E-state index in [9.17, 15) is 5.11 Å². The van der Waals surface area contributed by atoms with Crippen molar-refractivity contribution in [2.24, 2.45) is 5.92 Å². The summed E-state index contributed by atoms with van der Waals surface area (Å²) in [6.07, 6.45) is 2.01. The van der Waals surface area contributed by atoms with Gasteiger partial charge in [0, 0.05) is 12.6 Å². The van der Waals surface area contributed by atoms with Gasteiger partial charge in [-0.2, -0.15) is 0 Å². The monoisotopic (exact) mass is 171 g/mol. The van der Waals surface area contributed by atoms with Crippen molar-refractivity contribution < 1.29 is 5.11 Å². The van der Waals surface area contributed by atoms with Crippen molar-refractivity contribution in [2.45, 2.75) is 45.8 Å². The van der Waals surface area contributed by atoms with Gasteiger partial charge in [-0.1, -0.05) is 6.92 Å². The Balaban J connectivity index is 2.44. The van der Waals surface area contributed by atoms with Crippen LogP contribution in [0.5, 0.6) is 0 Å². The van der Waals surface area contributed by atoms with Crippen LogP contribution in [0.4, 0.5) is 0 Å².